The van der Waals surface area contributed by atoms with Gasteiger partial charge < -0.3 is 19.6 Å². The van der Waals surface area contributed by atoms with E-state index in [1.807, 2.05) is 24.3 Å². The second-order valence-electron chi connectivity index (χ2n) is 9.92. The lowest BCUT2D eigenvalue weighted by Gasteiger charge is -2.35. The third-order valence-electron chi connectivity index (χ3n) is 7.34. The van der Waals surface area contributed by atoms with Crippen molar-refractivity contribution in [2.24, 2.45) is 0 Å². The van der Waals surface area contributed by atoms with E-state index in [-0.39, 0.29) is 41.6 Å². The molecule has 3 heterocycles. The number of nitrogens with zero attached hydrogens (tertiary/aromatic N) is 4. The minimum Gasteiger partial charge on any atom is -0.482 e. The molecule has 1 fully saturated rings. The SMILES string of the molecule is CN(C(=O)CN1C(=O)COc2cc(Cl)c(Cl)cc21)C(CN1CCCC1)c1ccc(-c2cncc(C(=O)O)c2)cc1. The summed E-state index contributed by atoms with van der Waals surface area (Å²) in [6.07, 6.45) is 5.15. The highest BCUT2D eigenvalue weighted by molar-refractivity contribution is 6.42. The van der Waals surface area contributed by atoms with Crippen molar-refractivity contribution in [2.45, 2.75) is 18.9 Å². The maximum Gasteiger partial charge on any atom is 0.337 e. The highest BCUT2D eigenvalue weighted by Crippen LogP contribution is 2.39. The van der Waals surface area contributed by atoms with Crippen LogP contribution in [0, 0.1) is 0 Å². The molecule has 1 N–H and O–H groups in total. The number of carbonyl (C=O) groups is 3. The summed E-state index contributed by atoms with van der Waals surface area (Å²) < 4.78 is 5.51. The Morgan fingerprint density at radius 2 is 1.75 bits per heavy atom. The molecule has 0 saturated carbocycles. The van der Waals surface area contributed by atoms with E-state index >= 15 is 0 Å². The van der Waals surface area contributed by atoms with Crippen LogP contribution in [-0.4, -0.2) is 77.5 Å². The summed E-state index contributed by atoms with van der Waals surface area (Å²) in [6, 6.07) is 12.1. The number of likely N-dealkylation sites (tertiary alicyclic amines) is 1. The van der Waals surface area contributed by atoms with Gasteiger partial charge in [-0.15, -0.1) is 0 Å². The molecule has 0 aliphatic carbocycles. The molecule has 11 heteroatoms. The van der Waals surface area contributed by atoms with Gasteiger partial charge in [-0.1, -0.05) is 47.5 Å². The van der Waals surface area contributed by atoms with E-state index < -0.39 is 5.97 Å². The molecule has 208 valence electrons. The molecule has 0 bridgehead atoms. The first-order valence-electron chi connectivity index (χ1n) is 12.9. The number of carboxylic acids is 1. The Labute approximate surface area is 241 Å². The number of pyridine rings is 1. The van der Waals surface area contributed by atoms with E-state index in [2.05, 4.69) is 9.88 Å². The molecule has 0 spiro atoms. The zero-order chi connectivity index (χ0) is 28.4. The third kappa shape index (κ3) is 5.91. The summed E-state index contributed by atoms with van der Waals surface area (Å²) in [4.78, 5) is 47.2. The van der Waals surface area contributed by atoms with Crippen molar-refractivity contribution in [3.63, 3.8) is 0 Å². The van der Waals surface area contributed by atoms with Gasteiger partial charge in [-0.05, 0) is 49.2 Å². The van der Waals surface area contributed by atoms with E-state index in [4.69, 9.17) is 27.9 Å². The zero-order valence-electron chi connectivity index (χ0n) is 21.8. The van der Waals surface area contributed by atoms with Crippen molar-refractivity contribution in [3.8, 4) is 16.9 Å². The molecule has 40 heavy (non-hydrogen) atoms. The van der Waals surface area contributed by atoms with Gasteiger partial charge in [0.15, 0.2) is 6.61 Å². The predicted molar refractivity (Wildman–Crippen MR) is 152 cm³/mol. The maximum atomic E-state index is 13.6. The lowest BCUT2D eigenvalue weighted by molar-refractivity contribution is -0.133. The van der Waals surface area contributed by atoms with Gasteiger partial charge in [0.25, 0.3) is 5.91 Å². The molecule has 5 rings (SSSR count). The Bertz CT molecular complexity index is 1440. The summed E-state index contributed by atoms with van der Waals surface area (Å²) >= 11 is 12.3. The number of hydrogen-bond donors (Lipinski definition) is 1. The van der Waals surface area contributed by atoms with E-state index in [0.29, 0.717) is 28.6 Å². The number of halogens is 2. The highest BCUT2D eigenvalue weighted by atomic mass is 35.5. The number of aromatic carboxylic acids is 1. The summed E-state index contributed by atoms with van der Waals surface area (Å²) in [5.74, 6) is -1.22. The molecular weight excluding hydrogens is 555 g/mol. The molecule has 2 amide bonds. The number of rotatable bonds is 8. The second-order valence-corrected chi connectivity index (χ2v) is 10.7. The van der Waals surface area contributed by atoms with Crippen LogP contribution >= 0.6 is 23.2 Å². The van der Waals surface area contributed by atoms with Crippen LogP contribution in [0.5, 0.6) is 5.75 Å². The molecule has 1 unspecified atom stereocenters. The first kappa shape index (κ1) is 27.9. The Hall–Kier alpha value is -3.66. The topological polar surface area (TPSA) is 103 Å². The second kappa shape index (κ2) is 11.8. The van der Waals surface area contributed by atoms with Crippen LogP contribution in [0.4, 0.5) is 5.69 Å². The van der Waals surface area contributed by atoms with Crippen molar-refractivity contribution in [2.75, 3.05) is 44.7 Å². The Morgan fingerprint density at radius 3 is 2.45 bits per heavy atom. The van der Waals surface area contributed by atoms with Crippen molar-refractivity contribution in [1.29, 1.82) is 0 Å². The van der Waals surface area contributed by atoms with E-state index in [1.54, 1.807) is 30.3 Å². The number of carbonyl (C=O) groups excluding carboxylic acids is 2. The maximum absolute atomic E-state index is 13.6. The van der Waals surface area contributed by atoms with Crippen LogP contribution in [-0.2, 0) is 9.59 Å². The molecule has 1 saturated heterocycles. The quantitative estimate of drug-likeness (QED) is 0.408. The van der Waals surface area contributed by atoms with Crippen molar-refractivity contribution >= 4 is 46.7 Å². The normalized spacial score (nSPS) is 15.9. The fraction of sp³-hybridized carbons (Fsp3) is 0.310. The zero-order valence-corrected chi connectivity index (χ0v) is 23.4. The smallest absolute Gasteiger partial charge is 0.337 e. The van der Waals surface area contributed by atoms with Gasteiger partial charge in [0, 0.05) is 37.6 Å². The molecule has 2 aromatic carbocycles. The highest BCUT2D eigenvalue weighted by Gasteiger charge is 2.32. The molecule has 2 aliphatic rings. The number of amides is 2. The van der Waals surface area contributed by atoms with Crippen LogP contribution in [0.2, 0.25) is 10.0 Å². The number of carboxylic acid groups (broad SMARTS) is 1. The number of fused-ring (bicyclic) bond motifs is 1. The summed E-state index contributed by atoms with van der Waals surface area (Å²) in [5.41, 5.74) is 2.96. The average Bonchev–Trinajstić information content (AvgIpc) is 3.47. The standard InChI is InChI=1S/C29H28Cl2N4O5/c1-33(27(36)16-35-24-11-22(30)23(31)12-26(24)40-17-28(35)37)25(15-34-8-2-3-9-34)19-6-4-18(5-7-19)20-10-21(29(38)39)14-32-13-20/h4-7,10-14,25H,2-3,8-9,15-17H2,1H3,(H,38,39). The Balaban J connectivity index is 1.39. The van der Waals surface area contributed by atoms with Crippen LogP contribution < -0.4 is 9.64 Å². The minimum absolute atomic E-state index is 0.113. The summed E-state index contributed by atoms with van der Waals surface area (Å²) in [5, 5.41) is 9.88. The van der Waals surface area contributed by atoms with Crippen LogP contribution in [0.25, 0.3) is 11.1 Å². The number of ether oxygens (including phenoxy) is 1. The molecule has 2 aliphatic heterocycles. The van der Waals surface area contributed by atoms with Gasteiger partial charge in [-0.3, -0.25) is 19.5 Å². The fourth-order valence-corrected chi connectivity index (χ4v) is 5.38. The molecule has 3 aromatic rings. The van der Waals surface area contributed by atoms with Crippen molar-refractivity contribution in [3.05, 3.63) is 76.0 Å². The minimum atomic E-state index is -1.04. The lowest BCUT2D eigenvalue weighted by atomic mass is 9.99. The number of likely N-dealkylation sites (N-methyl/N-ethyl adjacent to an activating group) is 1. The predicted octanol–water partition coefficient (Wildman–Crippen LogP) is 4.77. The first-order valence-corrected chi connectivity index (χ1v) is 13.7. The van der Waals surface area contributed by atoms with Gasteiger partial charge >= 0.3 is 5.97 Å². The van der Waals surface area contributed by atoms with Crippen molar-refractivity contribution in [1.82, 2.24) is 14.8 Å². The van der Waals surface area contributed by atoms with Gasteiger partial charge in [0.1, 0.15) is 12.3 Å². The van der Waals surface area contributed by atoms with Gasteiger partial charge in [-0.25, -0.2) is 4.79 Å². The number of aromatic nitrogens is 1. The summed E-state index contributed by atoms with van der Waals surface area (Å²) in [6.45, 7) is 2.19. The molecule has 0 radical (unpaired) electrons. The number of benzene rings is 2. The molecule has 1 atom stereocenters. The summed E-state index contributed by atoms with van der Waals surface area (Å²) in [7, 11) is 1.75. The largest absolute Gasteiger partial charge is 0.482 e. The van der Waals surface area contributed by atoms with Crippen molar-refractivity contribution < 1.29 is 24.2 Å². The van der Waals surface area contributed by atoms with Gasteiger partial charge in [0.05, 0.1) is 27.3 Å². The first-order chi connectivity index (χ1) is 19.2. The van der Waals surface area contributed by atoms with Gasteiger partial charge in [-0.2, -0.15) is 0 Å². The molecular formula is C29H28Cl2N4O5. The lowest BCUT2D eigenvalue weighted by Crippen LogP contribution is -2.47. The molecule has 9 nitrogen and oxygen atoms in total. The van der Waals surface area contributed by atoms with E-state index in [9.17, 15) is 19.5 Å². The van der Waals surface area contributed by atoms with Crippen LogP contribution in [0.3, 0.4) is 0 Å². The number of hydrogen-bond acceptors (Lipinski definition) is 6. The van der Waals surface area contributed by atoms with E-state index in [0.717, 1.165) is 37.1 Å². The monoisotopic (exact) mass is 582 g/mol. The van der Waals surface area contributed by atoms with E-state index in [1.165, 1.54) is 17.2 Å². The fourth-order valence-electron chi connectivity index (χ4n) is 5.06. The number of anilines is 1. The molecule has 1 aromatic heterocycles. The Morgan fingerprint density at radius 1 is 1.05 bits per heavy atom. The Kier molecular flexibility index (Phi) is 8.25. The van der Waals surface area contributed by atoms with Gasteiger partial charge in [0.2, 0.25) is 5.91 Å². The average molecular weight is 583 g/mol. The van der Waals surface area contributed by atoms with Crippen LogP contribution in [0.1, 0.15) is 34.8 Å². The van der Waals surface area contributed by atoms with Crippen LogP contribution in [0.15, 0.2) is 54.9 Å². The third-order valence-corrected chi connectivity index (χ3v) is 8.07.